The SMILES string of the molecule is C=CC=NC(=C)c1cccnc1. The van der Waals surface area contributed by atoms with Crippen molar-refractivity contribution >= 4 is 11.9 Å². The Balaban J connectivity index is 2.79. The predicted molar refractivity (Wildman–Crippen MR) is 52.0 cm³/mol. The monoisotopic (exact) mass is 158 g/mol. The molecule has 0 atom stereocenters. The molecule has 0 aromatic carbocycles. The first-order valence-corrected chi connectivity index (χ1v) is 3.59. The van der Waals surface area contributed by atoms with E-state index in [1.807, 2.05) is 12.1 Å². The second kappa shape index (κ2) is 4.23. The normalized spacial score (nSPS) is 10.0. The van der Waals surface area contributed by atoms with Crippen LogP contribution in [0.15, 0.2) is 48.8 Å². The minimum absolute atomic E-state index is 0.697. The lowest BCUT2D eigenvalue weighted by Crippen LogP contribution is -1.80. The molecule has 60 valence electrons. The van der Waals surface area contributed by atoms with Gasteiger partial charge in [-0.05, 0) is 12.1 Å². The highest BCUT2D eigenvalue weighted by Gasteiger charge is 1.92. The molecule has 2 nitrogen and oxygen atoms in total. The average Bonchev–Trinajstić information content (AvgIpc) is 2.15. The van der Waals surface area contributed by atoms with Gasteiger partial charge in [0.2, 0.25) is 0 Å². The van der Waals surface area contributed by atoms with Gasteiger partial charge in [-0.2, -0.15) is 0 Å². The first kappa shape index (κ1) is 8.40. The summed E-state index contributed by atoms with van der Waals surface area (Å²) in [5.41, 5.74) is 1.62. The molecule has 0 bridgehead atoms. The Morgan fingerprint density at radius 2 is 2.42 bits per heavy atom. The molecule has 0 spiro atoms. The molecule has 0 saturated carbocycles. The Hall–Kier alpha value is -1.70. The predicted octanol–water partition coefficient (Wildman–Crippen LogP) is 2.31. The van der Waals surface area contributed by atoms with Crippen LogP contribution < -0.4 is 0 Å². The molecule has 0 radical (unpaired) electrons. The van der Waals surface area contributed by atoms with Gasteiger partial charge in [-0.25, -0.2) is 0 Å². The molecule has 12 heavy (non-hydrogen) atoms. The molecule has 0 N–H and O–H groups in total. The fraction of sp³-hybridized carbons (Fsp3) is 0. The van der Waals surface area contributed by atoms with Crippen LogP contribution in [0.25, 0.3) is 5.70 Å². The summed E-state index contributed by atoms with van der Waals surface area (Å²) in [6.45, 7) is 7.30. The van der Waals surface area contributed by atoms with Gasteiger partial charge < -0.3 is 0 Å². The van der Waals surface area contributed by atoms with Crippen LogP contribution in [0.5, 0.6) is 0 Å². The second-order valence-corrected chi connectivity index (χ2v) is 2.20. The minimum atomic E-state index is 0.697. The zero-order valence-corrected chi connectivity index (χ0v) is 6.77. The van der Waals surface area contributed by atoms with E-state index in [9.17, 15) is 0 Å². The summed E-state index contributed by atoms with van der Waals surface area (Å²) in [5.74, 6) is 0. The number of rotatable bonds is 3. The number of hydrogen-bond donors (Lipinski definition) is 0. The highest BCUT2D eigenvalue weighted by Crippen LogP contribution is 2.10. The van der Waals surface area contributed by atoms with Crippen LogP contribution >= 0.6 is 0 Å². The van der Waals surface area contributed by atoms with E-state index in [0.29, 0.717) is 5.70 Å². The van der Waals surface area contributed by atoms with Crippen molar-refractivity contribution in [1.82, 2.24) is 4.98 Å². The molecule has 1 rings (SSSR count). The first-order chi connectivity index (χ1) is 5.84. The molecule has 1 aromatic rings. The van der Waals surface area contributed by atoms with Crippen LogP contribution in [0.1, 0.15) is 5.56 Å². The summed E-state index contributed by atoms with van der Waals surface area (Å²) in [6, 6.07) is 3.76. The molecule has 0 aliphatic rings. The number of hydrogen-bond acceptors (Lipinski definition) is 2. The number of aliphatic imine (C=N–C) groups is 1. The van der Waals surface area contributed by atoms with Gasteiger partial charge in [0.25, 0.3) is 0 Å². The smallest absolute Gasteiger partial charge is 0.0645 e. The van der Waals surface area contributed by atoms with Gasteiger partial charge in [-0.15, -0.1) is 0 Å². The van der Waals surface area contributed by atoms with E-state index < -0.39 is 0 Å². The van der Waals surface area contributed by atoms with Crippen LogP contribution in [0.4, 0.5) is 0 Å². The Morgan fingerprint density at radius 3 is 3.00 bits per heavy atom. The zero-order chi connectivity index (χ0) is 8.81. The fourth-order valence-electron chi connectivity index (χ4n) is 0.751. The second-order valence-electron chi connectivity index (χ2n) is 2.20. The zero-order valence-electron chi connectivity index (χ0n) is 6.77. The molecule has 0 saturated heterocycles. The topological polar surface area (TPSA) is 25.2 Å². The van der Waals surface area contributed by atoms with Crippen molar-refractivity contribution < 1.29 is 0 Å². The lowest BCUT2D eigenvalue weighted by Gasteiger charge is -1.96. The van der Waals surface area contributed by atoms with Crippen molar-refractivity contribution in [2.75, 3.05) is 0 Å². The Bertz CT molecular complexity index is 299. The molecule has 0 amide bonds. The molecule has 0 aliphatic heterocycles. The van der Waals surface area contributed by atoms with Gasteiger partial charge in [0, 0.05) is 24.2 Å². The van der Waals surface area contributed by atoms with Crippen LogP contribution in [-0.2, 0) is 0 Å². The Morgan fingerprint density at radius 1 is 1.58 bits per heavy atom. The third-order valence-corrected chi connectivity index (χ3v) is 1.33. The van der Waals surface area contributed by atoms with Crippen molar-refractivity contribution in [3.05, 3.63) is 49.3 Å². The third kappa shape index (κ3) is 2.16. The number of aromatic nitrogens is 1. The lowest BCUT2D eigenvalue weighted by atomic mass is 10.2. The van der Waals surface area contributed by atoms with Gasteiger partial charge in [-0.1, -0.05) is 19.2 Å². The molecule has 2 heteroatoms. The maximum absolute atomic E-state index is 4.04. The summed E-state index contributed by atoms with van der Waals surface area (Å²) in [5, 5.41) is 0. The van der Waals surface area contributed by atoms with Crippen molar-refractivity contribution in [2.45, 2.75) is 0 Å². The van der Waals surface area contributed by atoms with E-state index >= 15 is 0 Å². The summed E-state index contributed by atoms with van der Waals surface area (Å²) in [7, 11) is 0. The van der Waals surface area contributed by atoms with Gasteiger partial charge in [0.15, 0.2) is 0 Å². The summed E-state index contributed by atoms with van der Waals surface area (Å²) >= 11 is 0. The van der Waals surface area contributed by atoms with Crippen LogP contribution in [-0.4, -0.2) is 11.2 Å². The van der Waals surface area contributed by atoms with Crippen LogP contribution in [0, 0.1) is 0 Å². The van der Waals surface area contributed by atoms with E-state index in [1.165, 1.54) is 0 Å². The summed E-state index contributed by atoms with van der Waals surface area (Å²) in [6.07, 6.45) is 6.66. The highest BCUT2D eigenvalue weighted by molar-refractivity contribution is 5.78. The molecule has 0 aliphatic carbocycles. The Labute approximate surface area is 72.0 Å². The van der Waals surface area contributed by atoms with Crippen LogP contribution in [0.3, 0.4) is 0 Å². The first-order valence-electron chi connectivity index (χ1n) is 3.59. The molecule has 0 fully saturated rings. The number of pyridine rings is 1. The van der Waals surface area contributed by atoms with Crippen LogP contribution in [0.2, 0.25) is 0 Å². The van der Waals surface area contributed by atoms with E-state index in [4.69, 9.17) is 0 Å². The van der Waals surface area contributed by atoms with Gasteiger partial charge >= 0.3 is 0 Å². The minimum Gasteiger partial charge on any atom is -0.264 e. The molecular formula is C10H10N2. The lowest BCUT2D eigenvalue weighted by molar-refractivity contribution is 1.30. The standard InChI is InChI=1S/C10H10N2/c1-3-6-12-9(2)10-5-4-7-11-8-10/h3-8H,1-2H2. The van der Waals surface area contributed by atoms with E-state index in [-0.39, 0.29) is 0 Å². The highest BCUT2D eigenvalue weighted by atomic mass is 14.7. The van der Waals surface area contributed by atoms with E-state index in [0.717, 1.165) is 5.56 Å². The van der Waals surface area contributed by atoms with Crippen molar-refractivity contribution in [2.24, 2.45) is 4.99 Å². The van der Waals surface area contributed by atoms with Crippen molar-refractivity contribution in [3.63, 3.8) is 0 Å². The molecule has 0 unspecified atom stereocenters. The number of allylic oxidation sites excluding steroid dienone is 1. The average molecular weight is 158 g/mol. The summed E-state index contributed by atoms with van der Waals surface area (Å²) in [4.78, 5) is 7.99. The molecule has 1 heterocycles. The number of nitrogens with zero attached hydrogens (tertiary/aromatic N) is 2. The summed E-state index contributed by atoms with van der Waals surface area (Å²) < 4.78 is 0. The van der Waals surface area contributed by atoms with Gasteiger partial charge in [0.05, 0.1) is 5.70 Å². The maximum atomic E-state index is 4.04. The third-order valence-electron chi connectivity index (χ3n) is 1.33. The maximum Gasteiger partial charge on any atom is 0.0645 e. The largest absolute Gasteiger partial charge is 0.264 e. The van der Waals surface area contributed by atoms with Crippen molar-refractivity contribution in [1.29, 1.82) is 0 Å². The fourth-order valence-corrected chi connectivity index (χ4v) is 0.751. The van der Waals surface area contributed by atoms with E-state index in [2.05, 4.69) is 23.1 Å². The van der Waals surface area contributed by atoms with E-state index in [1.54, 1.807) is 24.7 Å². The molecular weight excluding hydrogens is 148 g/mol. The van der Waals surface area contributed by atoms with Crippen molar-refractivity contribution in [3.8, 4) is 0 Å². The van der Waals surface area contributed by atoms with Gasteiger partial charge in [-0.3, -0.25) is 9.98 Å². The quantitative estimate of drug-likeness (QED) is 0.619. The Kier molecular flexibility index (Phi) is 2.96. The van der Waals surface area contributed by atoms with Gasteiger partial charge in [0.1, 0.15) is 0 Å². The molecule has 1 aromatic heterocycles.